The second-order valence-corrected chi connectivity index (χ2v) is 3.45. The summed E-state index contributed by atoms with van der Waals surface area (Å²) in [6.45, 7) is 0.691. The molecule has 13 heavy (non-hydrogen) atoms. The van der Waals surface area contributed by atoms with Gasteiger partial charge < -0.3 is 4.90 Å². The first kappa shape index (κ1) is 10.2. The molecule has 70 valence electrons. The second kappa shape index (κ2) is 4.35. The summed E-state index contributed by atoms with van der Waals surface area (Å²) in [6, 6.07) is 1.71. The van der Waals surface area contributed by atoms with Crippen LogP contribution >= 0.6 is 11.6 Å². The van der Waals surface area contributed by atoms with Gasteiger partial charge in [-0.3, -0.25) is 4.79 Å². The van der Waals surface area contributed by atoms with Crippen LogP contribution in [-0.2, 0) is 6.54 Å². The van der Waals surface area contributed by atoms with Gasteiger partial charge in [-0.25, -0.2) is 4.98 Å². The monoisotopic (exact) mass is 198 g/mol. The summed E-state index contributed by atoms with van der Waals surface area (Å²) in [6.07, 6.45) is 2.29. The van der Waals surface area contributed by atoms with E-state index in [-0.39, 0.29) is 0 Å². The third kappa shape index (κ3) is 2.79. The average molecular weight is 199 g/mol. The summed E-state index contributed by atoms with van der Waals surface area (Å²) in [5.74, 6) is 0. The van der Waals surface area contributed by atoms with E-state index in [1.54, 1.807) is 6.07 Å². The summed E-state index contributed by atoms with van der Waals surface area (Å²) >= 11 is 5.71. The second-order valence-electron chi connectivity index (χ2n) is 3.06. The maximum absolute atomic E-state index is 10.6. The molecule has 3 nitrogen and oxygen atoms in total. The Morgan fingerprint density at radius 3 is 2.85 bits per heavy atom. The Morgan fingerprint density at radius 2 is 2.31 bits per heavy atom. The Labute approximate surface area is 82.3 Å². The first-order valence-electron chi connectivity index (χ1n) is 3.88. The highest BCUT2D eigenvalue weighted by Crippen LogP contribution is 2.12. The van der Waals surface area contributed by atoms with Crippen molar-refractivity contribution in [1.82, 2.24) is 9.88 Å². The Morgan fingerprint density at radius 1 is 1.62 bits per heavy atom. The van der Waals surface area contributed by atoms with Crippen LogP contribution in [0.5, 0.6) is 0 Å². The minimum Gasteiger partial charge on any atom is -0.305 e. The Balaban J connectivity index is 3.01. The van der Waals surface area contributed by atoms with Crippen molar-refractivity contribution in [3.8, 4) is 0 Å². The van der Waals surface area contributed by atoms with Crippen LogP contribution in [0.15, 0.2) is 12.3 Å². The van der Waals surface area contributed by atoms with Gasteiger partial charge in [0.1, 0.15) is 5.15 Å². The van der Waals surface area contributed by atoms with E-state index >= 15 is 0 Å². The lowest BCUT2D eigenvalue weighted by molar-refractivity contribution is 0.112. The zero-order valence-corrected chi connectivity index (χ0v) is 8.38. The average Bonchev–Trinajstić information content (AvgIpc) is 2.03. The molecule has 1 aromatic heterocycles. The van der Waals surface area contributed by atoms with Crippen LogP contribution < -0.4 is 0 Å². The van der Waals surface area contributed by atoms with Crippen molar-refractivity contribution in [2.45, 2.75) is 6.54 Å². The predicted octanol–water partition coefficient (Wildman–Crippen LogP) is 1.61. The maximum atomic E-state index is 10.6. The van der Waals surface area contributed by atoms with E-state index in [4.69, 9.17) is 11.6 Å². The lowest BCUT2D eigenvalue weighted by Gasteiger charge is -2.10. The van der Waals surface area contributed by atoms with Gasteiger partial charge in [0.05, 0.1) is 0 Å². The molecule has 0 radical (unpaired) electrons. The quantitative estimate of drug-likeness (QED) is 0.547. The van der Waals surface area contributed by atoms with Crippen LogP contribution in [0.3, 0.4) is 0 Å². The number of pyridine rings is 1. The largest absolute Gasteiger partial charge is 0.305 e. The van der Waals surface area contributed by atoms with E-state index in [1.807, 2.05) is 19.0 Å². The highest BCUT2D eigenvalue weighted by atomic mass is 35.5. The van der Waals surface area contributed by atoms with Crippen molar-refractivity contribution in [3.63, 3.8) is 0 Å². The number of nitrogens with zero attached hydrogens (tertiary/aromatic N) is 2. The van der Waals surface area contributed by atoms with Gasteiger partial charge in [-0.2, -0.15) is 0 Å². The van der Waals surface area contributed by atoms with Crippen LogP contribution in [0.2, 0.25) is 5.15 Å². The highest BCUT2D eigenvalue weighted by Gasteiger charge is 2.04. The standard InChI is InChI=1S/C9H11ClN2O/c1-12(2)5-7-3-9(10)11-4-8(7)6-13/h3-4,6H,5H2,1-2H3. The Bertz CT molecular complexity index is 312. The maximum Gasteiger partial charge on any atom is 0.151 e. The van der Waals surface area contributed by atoms with Crippen molar-refractivity contribution in [2.75, 3.05) is 14.1 Å². The normalized spacial score (nSPS) is 10.5. The number of carbonyl (C=O) groups excluding carboxylic acids is 1. The molecule has 1 heterocycles. The third-order valence-corrected chi connectivity index (χ3v) is 1.81. The molecule has 1 aromatic rings. The zero-order chi connectivity index (χ0) is 9.84. The summed E-state index contributed by atoms with van der Waals surface area (Å²) in [7, 11) is 3.87. The third-order valence-electron chi connectivity index (χ3n) is 1.60. The van der Waals surface area contributed by atoms with Gasteiger partial charge in [0.2, 0.25) is 0 Å². The molecule has 0 amide bonds. The van der Waals surface area contributed by atoms with Gasteiger partial charge in [-0.05, 0) is 25.7 Å². The van der Waals surface area contributed by atoms with Crippen LogP contribution in [0.4, 0.5) is 0 Å². The number of carbonyl (C=O) groups is 1. The van der Waals surface area contributed by atoms with E-state index in [0.717, 1.165) is 11.8 Å². The van der Waals surface area contributed by atoms with Gasteiger partial charge in [0.15, 0.2) is 6.29 Å². The lowest BCUT2D eigenvalue weighted by Crippen LogP contribution is -2.12. The van der Waals surface area contributed by atoms with Crippen molar-refractivity contribution in [1.29, 1.82) is 0 Å². The molecule has 4 heteroatoms. The molecular weight excluding hydrogens is 188 g/mol. The minimum absolute atomic E-state index is 0.419. The summed E-state index contributed by atoms with van der Waals surface area (Å²) in [4.78, 5) is 16.4. The van der Waals surface area contributed by atoms with E-state index < -0.39 is 0 Å². The van der Waals surface area contributed by atoms with Crippen molar-refractivity contribution >= 4 is 17.9 Å². The van der Waals surface area contributed by atoms with Gasteiger partial charge in [0, 0.05) is 18.3 Å². The minimum atomic E-state index is 0.419. The highest BCUT2D eigenvalue weighted by molar-refractivity contribution is 6.29. The molecular formula is C9H11ClN2O. The molecule has 0 aliphatic carbocycles. The summed E-state index contributed by atoms with van der Waals surface area (Å²) in [5.41, 5.74) is 1.50. The molecule has 0 saturated carbocycles. The van der Waals surface area contributed by atoms with Crippen LogP contribution in [0.1, 0.15) is 15.9 Å². The number of hydrogen-bond donors (Lipinski definition) is 0. The molecule has 0 aliphatic rings. The molecule has 0 N–H and O–H groups in total. The summed E-state index contributed by atoms with van der Waals surface area (Å²) in [5, 5.41) is 0.419. The van der Waals surface area contributed by atoms with Crippen LogP contribution in [0.25, 0.3) is 0 Å². The Kier molecular flexibility index (Phi) is 3.39. The molecule has 0 atom stereocenters. The van der Waals surface area contributed by atoms with Gasteiger partial charge in [-0.15, -0.1) is 0 Å². The molecule has 0 aromatic carbocycles. The fourth-order valence-corrected chi connectivity index (χ4v) is 1.24. The fraction of sp³-hybridized carbons (Fsp3) is 0.333. The number of aldehydes is 1. The molecule has 0 unspecified atom stereocenters. The number of aromatic nitrogens is 1. The molecule has 0 fully saturated rings. The van der Waals surface area contributed by atoms with E-state index in [2.05, 4.69) is 4.98 Å². The smallest absolute Gasteiger partial charge is 0.151 e. The number of rotatable bonds is 3. The van der Waals surface area contributed by atoms with Crippen LogP contribution in [0, 0.1) is 0 Å². The van der Waals surface area contributed by atoms with Gasteiger partial charge in [0.25, 0.3) is 0 Å². The molecule has 0 spiro atoms. The number of halogens is 1. The molecule has 1 rings (SSSR count). The molecule has 0 bridgehead atoms. The van der Waals surface area contributed by atoms with Crippen molar-refractivity contribution in [3.05, 3.63) is 28.5 Å². The van der Waals surface area contributed by atoms with Crippen molar-refractivity contribution < 1.29 is 4.79 Å². The molecule has 0 aliphatic heterocycles. The van der Waals surface area contributed by atoms with E-state index in [0.29, 0.717) is 17.3 Å². The Hall–Kier alpha value is -0.930. The summed E-state index contributed by atoms with van der Waals surface area (Å²) < 4.78 is 0. The first-order chi connectivity index (χ1) is 6.13. The first-order valence-corrected chi connectivity index (χ1v) is 4.25. The molecule has 0 saturated heterocycles. The van der Waals surface area contributed by atoms with Crippen LogP contribution in [-0.4, -0.2) is 30.3 Å². The van der Waals surface area contributed by atoms with E-state index in [1.165, 1.54) is 6.20 Å². The predicted molar refractivity (Wildman–Crippen MR) is 52.0 cm³/mol. The topological polar surface area (TPSA) is 33.2 Å². The van der Waals surface area contributed by atoms with Gasteiger partial charge in [-0.1, -0.05) is 11.6 Å². The van der Waals surface area contributed by atoms with Crippen molar-refractivity contribution in [2.24, 2.45) is 0 Å². The lowest BCUT2D eigenvalue weighted by atomic mass is 10.1. The van der Waals surface area contributed by atoms with E-state index in [9.17, 15) is 4.79 Å². The fourth-order valence-electron chi connectivity index (χ4n) is 1.06. The number of hydrogen-bond acceptors (Lipinski definition) is 3. The SMILES string of the molecule is CN(C)Cc1cc(Cl)ncc1C=O. The zero-order valence-electron chi connectivity index (χ0n) is 7.62. The van der Waals surface area contributed by atoms with Gasteiger partial charge >= 0.3 is 0 Å².